The van der Waals surface area contributed by atoms with Gasteiger partial charge in [0.15, 0.2) is 0 Å². The zero-order valence-corrected chi connectivity index (χ0v) is 15.9. The van der Waals surface area contributed by atoms with Crippen LogP contribution >= 0.6 is 0 Å². The van der Waals surface area contributed by atoms with Crippen LogP contribution in [-0.2, 0) is 4.79 Å². The summed E-state index contributed by atoms with van der Waals surface area (Å²) in [5.41, 5.74) is -0.495. The summed E-state index contributed by atoms with van der Waals surface area (Å²) >= 11 is 0. The van der Waals surface area contributed by atoms with Gasteiger partial charge in [-0.3, -0.25) is 19.5 Å². The van der Waals surface area contributed by atoms with Crippen molar-refractivity contribution in [1.82, 2.24) is 20.1 Å². The van der Waals surface area contributed by atoms with Gasteiger partial charge in [-0.25, -0.2) is 0 Å². The van der Waals surface area contributed by atoms with E-state index in [1.165, 1.54) is 25.5 Å². The molecule has 1 unspecified atom stereocenters. The third-order valence-corrected chi connectivity index (χ3v) is 5.58. The molecule has 0 aliphatic carbocycles. The van der Waals surface area contributed by atoms with Crippen molar-refractivity contribution in [3.63, 3.8) is 0 Å². The monoisotopic (exact) mass is 374 g/mol. The predicted octanol–water partition coefficient (Wildman–Crippen LogP) is 1.04. The summed E-state index contributed by atoms with van der Waals surface area (Å²) in [5.74, 6) is -0.0839. The maximum Gasteiger partial charge on any atom is 0.252 e. The minimum atomic E-state index is -0.974. The molecule has 1 aromatic heterocycles. The average molecular weight is 374 g/mol. The van der Waals surface area contributed by atoms with E-state index in [-0.39, 0.29) is 18.4 Å². The van der Waals surface area contributed by atoms with Crippen molar-refractivity contribution in [2.45, 2.75) is 44.1 Å². The number of nitrogens with zero attached hydrogens (tertiary/aromatic N) is 3. The van der Waals surface area contributed by atoms with Gasteiger partial charge in [0.1, 0.15) is 0 Å². The molecule has 2 aliphatic rings. The van der Waals surface area contributed by atoms with E-state index in [2.05, 4.69) is 15.2 Å². The first kappa shape index (κ1) is 19.8. The first-order chi connectivity index (χ1) is 13.1. The molecule has 3 rings (SSSR count). The number of carbonyl (C=O) groups excluding carboxylic acids is 2. The van der Waals surface area contributed by atoms with E-state index in [1.54, 1.807) is 18.3 Å². The van der Waals surface area contributed by atoms with E-state index in [4.69, 9.17) is 0 Å². The largest absolute Gasteiger partial charge is 0.388 e. The summed E-state index contributed by atoms with van der Waals surface area (Å²) in [4.78, 5) is 32.8. The van der Waals surface area contributed by atoms with Crippen LogP contribution in [0.4, 0.5) is 0 Å². The Kier molecular flexibility index (Phi) is 6.79. The Morgan fingerprint density at radius 2 is 1.93 bits per heavy atom. The quantitative estimate of drug-likeness (QED) is 0.804. The summed E-state index contributed by atoms with van der Waals surface area (Å²) in [5, 5.41) is 13.7. The van der Waals surface area contributed by atoms with Crippen LogP contribution in [-0.4, -0.2) is 76.6 Å². The molecular weight excluding hydrogens is 344 g/mol. The zero-order chi connectivity index (χ0) is 19.1. The van der Waals surface area contributed by atoms with Crippen LogP contribution in [0.3, 0.4) is 0 Å². The lowest BCUT2D eigenvalue weighted by atomic mass is 9.95. The van der Waals surface area contributed by atoms with Crippen LogP contribution in [0.5, 0.6) is 0 Å². The number of piperidine rings is 1. The highest BCUT2D eigenvalue weighted by molar-refractivity contribution is 5.93. The second kappa shape index (κ2) is 9.28. The molecular formula is C20H30N4O3. The molecule has 148 valence electrons. The third-order valence-electron chi connectivity index (χ3n) is 5.58. The fraction of sp³-hybridized carbons (Fsp3) is 0.650. The van der Waals surface area contributed by atoms with Gasteiger partial charge < -0.3 is 15.3 Å². The predicted molar refractivity (Wildman–Crippen MR) is 102 cm³/mol. The summed E-state index contributed by atoms with van der Waals surface area (Å²) in [7, 11) is 0. The molecule has 7 heteroatoms. The topological polar surface area (TPSA) is 85.8 Å². The van der Waals surface area contributed by atoms with Gasteiger partial charge in [0.25, 0.3) is 5.91 Å². The van der Waals surface area contributed by atoms with Crippen molar-refractivity contribution in [2.75, 3.05) is 39.3 Å². The van der Waals surface area contributed by atoms with Gasteiger partial charge >= 0.3 is 0 Å². The Balaban J connectivity index is 1.47. The van der Waals surface area contributed by atoms with E-state index >= 15 is 0 Å². The van der Waals surface area contributed by atoms with Gasteiger partial charge in [0.2, 0.25) is 5.91 Å². The first-order valence-corrected chi connectivity index (χ1v) is 9.96. The molecule has 0 aromatic carbocycles. The Morgan fingerprint density at radius 3 is 2.67 bits per heavy atom. The van der Waals surface area contributed by atoms with E-state index in [0.717, 1.165) is 19.5 Å². The highest BCUT2D eigenvalue weighted by Gasteiger charge is 2.32. The van der Waals surface area contributed by atoms with Crippen molar-refractivity contribution < 1.29 is 14.7 Å². The van der Waals surface area contributed by atoms with E-state index < -0.39 is 5.60 Å². The van der Waals surface area contributed by atoms with Crippen molar-refractivity contribution in [2.24, 2.45) is 0 Å². The molecule has 3 heterocycles. The molecule has 0 spiro atoms. The van der Waals surface area contributed by atoms with Gasteiger partial charge in [-0.15, -0.1) is 0 Å². The van der Waals surface area contributed by atoms with Crippen LogP contribution < -0.4 is 5.32 Å². The molecule has 2 fully saturated rings. The molecule has 2 N–H and O–H groups in total. The normalized spacial score (nSPS) is 24.3. The molecule has 7 nitrogen and oxygen atoms in total. The van der Waals surface area contributed by atoms with Crippen LogP contribution in [0, 0.1) is 0 Å². The summed E-state index contributed by atoms with van der Waals surface area (Å²) in [6, 6.07) is 3.40. The minimum absolute atomic E-state index is 0.153. The van der Waals surface area contributed by atoms with E-state index in [1.807, 2.05) is 4.90 Å². The molecule has 2 saturated heterocycles. The minimum Gasteiger partial charge on any atom is -0.388 e. The lowest BCUT2D eigenvalue weighted by molar-refractivity contribution is -0.132. The first-order valence-electron chi connectivity index (χ1n) is 9.96. The molecule has 2 aliphatic heterocycles. The van der Waals surface area contributed by atoms with Crippen molar-refractivity contribution in [3.8, 4) is 0 Å². The molecule has 0 saturated carbocycles. The molecule has 2 amide bonds. The van der Waals surface area contributed by atoms with Crippen LogP contribution in [0.1, 0.15) is 48.9 Å². The SMILES string of the molecule is O=C(NCC1(O)CCCN(C(=O)CN2CCCCC2)CC1)c1cccnc1. The average Bonchev–Trinajstić information content (AvgIpc) is 2.90. The molecule has 0 bridgehead atoms. The number of aliphatic hydroxyl groups is 1. The number of hydrogen-bond donors (Lipinski definition) is 2. The fourth-order valence-electron chi connectivity index (χ4n) is 3.86. The zero-order valence-electron chi connectivity index (χ0n) is 15.9. The highest BCUT2D eigenvalue weighted by Crippen LogP contribution is 2.22. The standard InChI is InChI=1S/C20H30N4O3/c25-18(15-23-10-2-1-3-11-23)24-12-5-7-20(27,8-13-24)16-22-19(26)17-6-4-9-21-14-17/h4,6,9,14,27H,1-3,5,7-8,10-13,15-16H2,(H,22,26). The van der Waals surface area contributed by atoms with Gasteiger partial charge in [0.05, 0.1) is 17.7 Å². The fourth-order valence-corrected chi connectivity index (χ4v) is 3.86. The van der Waals surface area contributed by atoms with Gasteiger partial charge in [-0.1, -0.05) is 6.42 Å². The van der Waals surface area contributed by atoms with E-state index in [0.29, 0.717) is 38.0 Å². The Morgan fingerprint density at radius 1 is 1.11 bits per heavy atom. The second-order valence-electron chi connectivity index (χ2n) is 7.72. The van der Waals surface area contributed by atoms with E-state index in [9.17, 15) is 14.7 Å². The molecule has 1 atom stereocenters. The number of aromatic nitrogens is 1. The lowest BCUT2D eigenvalue weighted by Gasteiger charge is -2.30. The Hall–Kier alpha value is -1.99. The number of rotatable bonds is 5. The lowest BCUT2D eigenvalue weighted by Crippen LogP contribution is -2.45. The number of pyridine rings is 1. The maximum absolute atomic E-state index is 12.6. The van der Waals surface area contributed by atoms with Gasteiger partial charge in [-0.2, -0.15) is 0 Å². The summed E-state index contributed by atoms with van der Waals surface area (Å²) in [6.07, 6.45) is 8.52. The smallest absolute Gasteiger partial charge is 0.252 e. The second-order valence-corrected chi connectivity index (χ2v) is 7.72. The third kappa shape index (κ3) is 5.74. The maximum atomic E-state index is 12.6. The molecule has 27 heavy (non-hydrogen) atoms. The van der Waals surface area contributed by atoms with Crippen LogP contribution in [0.2, 0.25) is 0 Å². The number of hydrogen-bond acceptors (Lipinski definition) is 5. The number of likely N-dealkylation sites (tertiary alicyclic amines) is 2. The van der Waals surface area contributed by atoms with Crippen LogP contribution in [0.25, 0.3) is 0 Å². The van der Waals surface area contributed by atoms with Crippen molar-refractivity contribution in [3.05, 3.63) is 30.1 Å². The summed E-state index contributed by atoms with van der Waals surface area (Å²) < 4.78 is 0. The Labute approximate surface area is 160 Å². The van der Waals surface area contributed by atoms with Gasteiger partial charge in [-0.05, 0) is 57.3 Å². The molecule has 0 radical (unpaired) electrons. The summed E-state index contributed by atoms with van der Waals surface area (Å²) in [6.45, 7) is 3.89. The van der Waals surface area contributed by atoms with Crippen molar-refractivity contribution in [1.29, 1.82) is 0 Å². The molecule has 1 aromatic rings. The number of carbonyl (C=O) groups is 2. The van der Waals surface area contributed by atoms with Crippen LogP contribution in [0.15, 0.2) is 24.5 Å². The number of amides is 2. The van der Waals surface area contributed by atoms with Gasteiger partial charge in [0, 0.05) is 32.0 Å². The Bertz CT molecular complexity index is 633. The number of nitrogens with one attached hydrogen (secondary N) is 1. The van der Waals surface area contributed by atoms with Crippen molar-refractivity contribution >= 4 is 11.8 Å². The highest BCUT2D eigenvalue weighted by atomic mass is 16.3.